The van der Waals surface area contributed by atoms with Crippen molar-refractivity contribution in [2.75, 3.05) is 27.1 Å². The van der Waals surface area contributed by atoms with E-state index in [4.69, 9.17) is 19.3 Å². The molecule has 1 aliphatic rings. The first kappa shape index (κ1) is 17.4. The summed E-state index contributed by atoms with van der Waals surface area (Å²) in [5.41, 5.74) is 2.65. The molecule has 0 saturated carbocycles. The van der Waals surface area contributed by atoms with Gasteiger partial charge in [-0.2, -0.15) is 9.78 Å². The lowest BCUT2D eigenvalue weighted by atomic mass is 10.1. The number of ether oxygens (including phenoxy) is 3. The van der Waals surface area contributed by atoms with Crippen molar-refractivity contribution in [3.63, 3.8) is 0 Å². The van der Waals surface area contributed by atoms with Gasteiger partial charge in [0.1, 0.15) is 17.2 Å². The number of fused-ring (bicyclic) bond motifs is 1. The Morgan fingerprint density at radius 3 is 2.48 bits per heavy atom. The molecule has 0 spiro atoms. The summed E-state index contributed by atoms with van der Waals surface area (Å²) in [6, 6.07) is 13.4. The van der Waals surface area contributed by atoms with Gasteiger partial charge in [0.2, 0.25) is 5.16 Å². The minimum atomic E-state index is 0.615. The summed E-state index contributed by atoms with van der Waals surface area (Å²) in [6.07, 6.45) is 0. The quantitative estimate of drug-likeness (QED) is 0.674. The number of para-hydroxylation sites is 1. The number of nitrogens with zero attached hydrogens (tertiary/aromatic N) is 4. The van der Waals surface area contributed by atoms with Gasteiger partial charge in [-0.25, -0.2) is 0 Å². The van der Waals surface area contributed by atoms with Crippen LogP contribution in [0.5, 0.6) is 17.2 Å². The Hall–Kier alpha value is -3.00. The fraction of sp³-hybridized carbons (Fsp3) is 0.211. The van der Waals surface area contributed by atoms with Crippen molar-refractivity contribution in [1.82, 2.24) is 14.9 Å². The summed E-state index contributed by atoms with van der Waals surface area (Å²) < 4.78 is 18.0. The lowest BCUT2D eigenvalue weighted by molar-refractivity contribution is 0.395. The van der Waals surface area contributed by atoms with Crippen LogP contribution in [0.25, 0.3) is 11.4 Å². The minimum absolute atomic E-state index is 0.615. The van der Waals surface area contributed by atoms with E-state index in [1.807, 2.05) is 42.5 Å². The molecule has 0 radical (unpaired) electrons. The first-order chi connectivity index (χ1) is 13.2. The summed E-state index contributed by atoms with van der Waals surface area (Å²) in [5, 5.41) is 14.1. The van der Waals surface area contributed by atoms with Crippen LogP contribution < -0.4 is 14.2 Å². The van der Waals surface area contributed by atoms with E-state index in [0.717, 1.165) is 27.7 Å². The summed E-state index contributed by atoms with van der Waals surface area (Å²) in [7, 11) is 4.89. The molecule has 3 aromatic rings. The summed E-state index contributed by atoms with van der Waals surface area (Å²) in [5.74, 6) is 3.45. The highest BCUT2D eigenvalue weighted by Crippen LogP contribution is 2.36. The van der Waals surface area contributed by atoms with Gasteiger partial charge in [0.05, 0.1) is 32.6 Å². The van der Waals surface area contributed by atoms with Crippen molar-refractivity contribution in [2.24, 2.45) is 5.10 Å². The standard InChI is InChI=1S/C19H18N4O3S/c1-24-12-8-9-14(17(10-12)26-3)18-20-21-19-23(18)22-15(11-27-19)13-6-4-5-7-16(13)25-2/h4-10H,11H2,1-3H3. The van der Waals surface area contributed by atoms with Gasteiger partial charge in [-0.15, -0.1) is 10.2 Å². The zero-order chi connectivity index (χ0) is 18.8. The fourth-order valence-electron chi connectivity index (χ4n) is 2.89. The van der Waals surface area contributed by atoms with Crippen molar-refractivity contribution in [3.8, 4) is 28.6 Å². The minimum Gasteiger partial charge on any atom is -0.497 e. The van der Waals surface area contributed by atoms with E-state index in [1.165, 1.54) is 0 Å². The van der Waals surface area contributed by atoms with Gasteiger partial charge in [0.25, 0.3) is 0 Å². The Kier molecular flexibility index (Phi) is 4.72. The molecule has 138 valence electrons. The van der Waals surface area contributed by atoms with Crippen LogP contribution >= 0.6 is 11.8 Å². The molecule has 27 heavy (non-hydrogen) atoms. The summed E-state index contributed by atoms with van der Waals surface area (Å²) in [4.78, 5) is 0. The number of methoxy groups -OCH3 is 3. The second-order valence-corrected chi connectivity index (χ2v) is 6.66. The highest BCUT2D eigenvalue weighted by atomic mass is 32.2. The second kappa shape index (κ2) is 7.32. The predicted molar refractivity (Wildman–Crippen MR) is 104 cm³/mol. The number of thioether (sulfide) groups is 1. The Bertz CT molecular complexity index is 1020. The normalized spacial score (nSPS) is 12.9. The zero-order valence-corrected chi connectivity index (χ0v) is 16.0. The predicted octanol–water partition coefficient (Wildman–Crippen LogP) is 3.33. The number of aromatic nitrogens is 3. The maximum Gasteiger partial charge on any atom is 0.212 e. The van der Waals surface area contributed by atoms with Gasteiger partial charge in [0.15, 0.2) is 5.82 Å². The second-order valence-electron chi connectivity index (χ2n) is 5.72. The molecule has 1 aliphatic heterocycles. The number of hydrogen-bond acceptors (Lipinski definition) is 7. The van der Waals surface area contributed by atoms with Gasteiger partial charge in [-0.1, -0.05) is 23.9 Å². The molecular weight excluding hydrogens is 364 g/mol. The average Bonchev–Trinajstić information content (AvgIpc) is 3.16. The number of rotatable bonds is 5. The van der Waals surface area contributed by atoms with Gasteiger partial charge in [0, 0.05) is 17.4 Å². The Morgan fingerprint density at radius 2 is 1.70 bits per heavy atom. The summed E-state index contributed by atoms with van der Waals surface area (Å²) in [6.45, 7) is 0. The van der Waals surface area contributed by atoms with E-state index in [0.29, 0.717) is 23.1 Å². The molecule has 2 aromatic carbocycles. The van der Waals surface area contributed by atoms with Crippen LogP contribution in [-0.4, -0.2) is 47.7 Å². The number of benzene rings is 2. The van der Waals surface area contributed by atoms with Crippen LogP contribution in [-0.2, 0) is 0 Å². The molecule has 0 saturated heterocycles. The van der Waals surface area contributed by atoms with Gasteiger partial charge < -0.3 is 14.2 Å². The van der Waals surface area contributed by atoms with E-state index in [1.54, 1.807) is 37.8 Å². The molecule has 7 nitrogen and oxygen atoms in total. The fourth-order valence-corrected chi connectivity index (χ4v) is 3.72. The molecule has 0 aliphatic carbocycles. The molecule has 0 amide bonds. The SMILES string of the molecule is COc1ccc(-c2nnc3n2N=C(c2ccccc2OC)CS3)c(OC)c1. The molecule has 0 fully saturated rings. The Labute approximate surface area is 161 Å². The van der Waals surface area contributed by atoms with Crippen LogP contribution in [0.1, 0.15) is 5.56 Å². The first-order valence-corrected chi connectivity index (χ1v) is 9.25. The Morgan fingerprint density at radius 1 is 0.889 bits per heavy atom. The zero-order valence-electron chi connectivity index (χ0n) is 15.2. The van der Waals surface area contributed by atoms with Crippen molar-refractivity contribution in [1.29, 1.82) is 0 Å². The van der Waals surface area contributed by atoms with Crippen molar-refractivity contribution in [3.05, 3.63) is 48.0 Å². The molecule has 4 rings (SSSR count). The third kappa shape index (κ3) is 3.12. The van der Waals surface area contributed by atoms with E-state index >= 15 is 0 Å². The molecule has 0 atom stereocenters. The van der Waals surface area contributed by atoms with Crippen molar-refractivity contribution < 1.29 is 14.2 Å². The molecule has 0 N–H and O–H groups in total. The maximum absolute atomic E-state index is 5.51. The van der Waals surface area contributed by atoms with Crippen molar-refractivity contribution in [2.45, 2.75) is 5.16 Å². The Balaban J connectivity index is 1.82. The van der Waals surface area contributed by atoms with Crippen LogP contribution in [0.2, 0.25) is 0 Å². The topological polar surface area (TPSA) is 70.8 Å². The monoisotopic (exact) mass is 382 g/mol. The lowest BCUT2D eigenvalue weighted by Gasteiger charge is -2.16. The van der Waals surface area contributed by atoms with E-state index in [-0.39, 0.29) is 0 Å². The molecule has 8 heteroatoms. The maximum atomic E-state index is 5.51. The molecule has 2 heterocycles. The highest BCUT2D eigenvalue weighted by Gasteiger charge is 2.24. The third-order valence-corrected chi connectivity index (χ3v) is 5.17. The van der Waals surface area contributed by atoms with E-state index in [9.17, 15) is 0 Å². The molecule has 0 unspecified atom stereocenters. The summed E-state index contributed by atoms with van der Waals surface area (Å²) >= 11 is 1.58. The highest BCUT2D eigenvalue weighted by molar-refractivity contribution is 7.99. The molecular formula is C19H18N4O3S. The van der Waals surface area contributed by atoms with E-state index in [2.05, 4.69) is 10.2 Å². The number of hydrogen-bond donors (Lipinski definition) is 0. The van der Waals surface area contributed by atoms with E-state index < -0.39 is 0 Å². The molecule has 1 aromatic heterocycles. The van der Waals surface area contributed by atoms with Crippen LogP contribution in [0, 0.1) is 0 Å². The smallest absolute Gasteiger partial charge is 0.212 e. The van der Waals surface area contributed by atoms with Crippen molar-refractivity contribution >= 4 is 17.5 Å². The average molecular weight is 382 g/mol. The van der Waals surface area contributed by atoms with Gasteiger partial charge in [-0.3, -0.25) is 0 Å². The third-order valence-electron chi connectivity index (χ3n) is 4.24. The first-order valence-electron chi connectivity index (χ1n) is 8.27. The lowest BCUT2D eigenvalue weighted by Crippen LogP contribution is -2.14. The molecule has 0 bridgehead atoms. The van der Waals surface area contributed by atoms with Crippen LogP contribution in [0.15, 0.2) is 52.7 Å². The van der Waals surface area contributed by atoms with Gasteiger partial charge >= 0.3 is 0 Å². The van der Waals surface area contributed by atoms with Crippen LogP contribution in [0.3, 0.4) is 0 Å². The largest absolute Gasteiger partial charge is 0.497 e. The van der Waals surface area contributed by atoms with Crippen LogP contribution in [0.4, 0.5) is 0 Å². The van der Waals surface area contributed by atoms with Gasteiger partial charge in [-0.05, 0) is 24.3 Å².